The van der Waals surface area contributed by atoms with Crippen molar-refractivity contribution >= 4 is 11.8 Å². The molecule has 4 rings (SSSR count). The molecule has 2 saturated heterocycles. The summed E-state index contributed by atoms with van der Waals surface area (Å²) in [4.78, 5) is 31.3. The average molecular weight is 546 g/mol. The standard InChI is InChI=1S/C30H47N3O6/c1-21(2)32(29(34)22-8-11-27(37-4)28(15-22)39-14-6-12-36-3)18-24-16-31-17-25(24)19-33(26-9-10-26)30(35)23-7-5-13-38-20-23/h8,11,15,21,23-26,31H,5-7,9-10,12-14,16-20H2,1-4H3/t23-,24+,25+/m1/s1. The first-order valence-corrected chi connectivity index (χ1v) is 14.6. The lowest BCUT2D eigenvalue weighted by atomic mass is 9.92. The Labute approximate surface area is 233 Å². The van der Waals surface area contributed by atoms with Crippen LogP contribution in [-0.4, -0.2) is 101 Å². The zero-order valence-electron chi connectivity index (χ0n) is 24.2. The maximum Gasteiger partial charge on any atom is 0.254 e. The van der Waals surface area contributed by atoms with E-state index in [1.807, 2.05) is 11.0 Å². The van der Waals surface area contributed by atoms with Gasteiger partial charge in [0.05, 0.1) is 26.2 Å². The molecular weight excluding hydrogens is 498 g/mol. The van der Waals surface area contributed by atoms with Gasteiger partial charge in [-0.3, -0.25) is 9.59 Å². The quantitative estimate of drug-likeness (QED) is 0.359. The highest BCUT2D eigenvalue weighted by atomic mass is 16.5. The lowest BCUT2D eigenvalue weighted by Gasteiger charge is -2.35. The second-order valence-corrected chi connectivity index (χ2v) is 11.4. The van der Waals surface area contributed by atoms with Crippen LogP contribution in [0.3, 0.4) is 0 Å². The molecule has 2 aliphatic heterocycles. The van der Waals surface area contributed by atoms with Crippen molar-refractivity contribution in [3.63, 3.8) is 0 Å². The molecule has 2 heterocycles. The monoisotopic (exact) mass is 545 g/mol. The number of methoxy groups -OCH3 is 2. The molecule has 3 fully saturated rings. The predicted molar refractivity (Wildman–Crippen MR) is 149 cm³/mol. The largest absolute Gasteiger partial charge is 0.493 e. The van der Waals surface area contributed by atoms with Crippen LogP contribution in [-0.2, 0) is 14.3 Å². The first kappa shape index (κ1) is 29.6. The van der Waals surface area contributed by atoms with Crippen LogP contribution >= 0.6 is 0 Å². The smallest absolute Gasteiger partial charge is 0.254 e. The summed E-state index contributed by atoms with van der Waals surface area (Å²) < 4.78 is 22.1. The average Bonchev–Trinajstić information content (AvgIpc) is 3.70. The minimum atomic E-state index is -0.0190. The number of nitrogens with zero attached hydrogens (tertiary/aromatic N) is 2. The Kier molecular flexibility index (Phi) is 10.9. The van der Waals surface area contributed by atoms with E-state index in [-0.39, 0.29) is 29.7 Å². The molecule has 0 spiro atoms. The third-order valence-electron chi connectivity index (χ3n) is 8.17. The number of carbonyl (C=O) groups excluding carboxylic acids is 2. The van der Waals surface area contributed by atoms with E-state index < -0.39 is 0 Å². The normalized spacial score (nSPS) is 23.1. The molecule has 1 saturated carbocycles. The Morgan fingerprint density at radius 1 is 1.05 bits per heavy atom. The number of nitrogens with one attached hydrogen (secondary N) is 1. The number of amides is 2. The molecule has 3 atom stereocenters. The van der Waals surface area contributed by atoms with E-state index in [2.05, 4.69) is 24.1 Å². The molecule has 0 bridgehead atoms. The Balaban J connectivity index is 1.43. The van der Waals surface area contributed by atoms with Crippen LogP contribution in [0.5, 0.6) is 11.5 Å². The highest BCUT2D eigenvalue weighted by molar-refractivity contribution is 5.95. The maximum absolute atomic E-state index is 13.8. The summed E-state index contributed by atoms with van der Waals surface area (Å²) in [6.07, 6.45) is 4.81. The summed E-state index contributed by atoms with van der Waals surface area (Å²) in [6, 6.07) is 5.79. The van der Waals surface area contributed by atoms with E-state index in [0.29, 0.717) is 55.4 Å². The minimum Gasteiger partial charge on any atom is -0.493 e. The molecule has 9 heteroatoms. The van der Waals surface area contributed by atoms with Crippen LogP contribution in [0.25, 0.3) is 0 Å². The molecule has 218 valence electrons. The second-order valence-electron chi connectivity index (χ2n) is 11.4. The number of benzene rings is 1. The van der Waals surface area contributed by atoms with Crippen molar-refractivity contribution in [1.29, 1.82) is 0 Å². The van der Waals surface area contributed by atoms with Crippen molar-refractivity contribution in [3.8, 4) is 11.5 Å². The maximum atomic E-state index is 13.8. The van der Waals surface area contributed by atoms with E-state index in [1.54, 1.807) is 26.4 Å². The molecule has 2 amide bonds. The van der Waals surface area contributed by atoms with Crippen LogP contribution < -0.4 is 14.8 Å². The minimum absolute atomic E-state index is 0.0121. The Morgan fingerprint density at radius 3 is 2.46 bits per heavy atom. The molecular formula is C30H47N3O6. The number of hydrogen-bond acceptors (Lipinski definition) is 7. The molecule has 0 unspecified atom stereocenters. The van der Waals surface area contributed by atoms with Gasteiger partial charge < -0.3 is 34.1 Å². The molecule has 1 aromatic rings. The van der Waals surface area contributed by atoms with E-state index in [9.17, 15) is 9.59 Å². The van der Waals surface area contributed by atoms with Crippen LogP contribution in [0.2, 0.25) is 0 Å². The van der Waals surface area contributed by atoms with Gasteiger partial charge in [-0.2, -0.15) is 0 Å². The van der Waals surface area contributed by atoms with Gasteiger partial charge in [-0.15, -0.1) is 0 Å². The van der Waals surface area contributed by atoms with Gasteiger partial charge in [-0.25, -0.2) is 0 Å². The van der Waals surface area contributed by atoms with Crippen molar-refractivity contribution in [2.45, 2.75) is 58.0 Å². The molecule has 1 N–H and O–H groups in total. The van der Waals surface area contributed by atoms with Gasteiger partial charge >= 0.3 is 0 Å². The van der Waals surface area contributed by atoms with Crippen molar-refractivity contribution in [2.24, 2.45) is 17.8 Å². The summed E-state index contributed by atoms with van der Waals surface area (Å²) in [5.74, 6) is 1.98. The van der Waals surface area contributed by atoms with Crippen molar-refractivity contribution in [3.05, 3.63) is 23.8 Å². The van der Waals surface area contributed by atoms with E-state index in [0.717, 1.165) is 58.3 Å². The molecule has 1 aliphatic carbocycles. The molecule has 39 heavy (non-hydrogen) atoms. The van der Waals surface area contributed by atoms with E-state index in [1.165, 1.54) is 0 Å². The zero-order valence-corrected chi connectivity index (χ0v) is 24.2. The molecule has 9 nitrogen and oxygen atoms in total. The molecule has 3 aliphatic rings. The topological polar surface area (TPSA) is 89.6 Å². The SMILES string of the molecule is COCCCOc1cc(C(=O)N(C[C@@H]2CNC[C@H]2CN(C(=O)[C@@H]2CCCOC2)C2CC2)C(C)C)ccc1OC. The predicted octanol–water partition coefficient (Wildman–Crippen LogP) is 3.21. The molecule has 0 aromatic heterocycles. The van der Waals surface area contributed by atoms with Gasteiger partial charge in [0, 0.05) is 70.6 Å². The zero-order chi connectivity index (χ0) is 27.8. The highest BCUT2D eigenvalue weighted by Crippen LogP contribution is 2.33. The fourth-order valence-electron chi connectivity index (χ4n) is 5.70. The van der Waals surface area contributed by atoms with Gasteiger partial charge in [0.2, 0.25) is 5.91 Å². The Hall–Kier alpha value is -2.36. The van der Waals surface area contributed by atoms with Crippen LogP contribution in [0, 0.1) is 17.8 Å². The van der Waals surface area contributed by atoms with Crippen molar-refractivity contribution < 1.29 is 28.5 Å². The van der Waals surface area contributed by atoms with Crippen LogP contribution in [0.4, 0.5) is 0 Å². The Morgan fingerprint density at radius 2 is 1.82 bits per heavy atom. The third kappa shape index (κ3) is 7.86. The lowest BCUT2D eigenvalue weighted by molar-refractivity contribution is -0.141. The summed E-state index contributed by atoms with van der Waals surface area (Å²) in [6.45, 7) is 9.62. The van der Waals surface area contributed by atoms with Gasteiger partial charge in [-0.1, -0.05) is 0 Å². The number of rotatable bonds is 14. The summed E-state index contributed by atoms with van der Waals surface area (Å²) >= 11 is 0. The van der Waals surface area contributed by atoms with Gasteiger partial charge in [0.1, 0.15) is 0 Å². The third-order valence-corrected chi connectivity index (χ3v) is 8.17. The Bertz CT molecular complexity index is 947. The first-order valence-electron chi connectivity index (χ1n) is 14.6. The number of carbonyl (C=O) groups is 2. The summed E-state index contributed by atoms with van der Waals surface area (Å²) in [7, 11) is 3.27. The van der Waals surface area contributed by atoms with Crippen molar-refractivity contribution in [2.75, 3.05) is 66.8 Å². The van der Waals surface area contributed by atoms with E-state index >= 15 is 0 Å². The van der Waals surface area contributed by atoms with Gasteiger partial charge in [0.25, 0.3) is 5.91 Å². The molecule has 0 radical (unpaired) electrons. The first-order chi connectivity index (χ1) is 18.9. The lowest BCUT2D eigenvalue weighted by Crippen LogP contribution is -2.46. The van der Waals surface area contributed by atoms with Gasteiger partial charge in [-0.05, 0) is 69.6 Å². The fourth-order valence-corrected chi connectivity index (χ4v) is 5.70. The van der Waals surface area contributed by atoms with Gasteiger partial charge in [0.15, 0.2) is 11.5 Å². The van der Waals surface area contributed by atoms with Crippen LogP contribution in [0.1, 0.15) is 56.3 Å². The van der Waals surface area contributed by atoms with Crippen molar-refractivity contribution in [1.82, 2.24) is 15.1 Å². The fraction of sp³-hybridized carbons (Fsp3) is 0.733. The number of ether oxygens (including phenoxy) is 4. The van der Waals surface area contributed by atoms with E-state index in [4.69, 9.17) is 18.9 Å². The second kappa shape index (κ2) is 14.3. The number of hydrogen-bond donors (Lipinski definition) is 1. The highest BCUT2D eigenvalue weighted by Gasteiger charge is 2.40. The summed E-state index contributed by atoms with van der Waals surface area (Å²) in [5.41, 5.74) is 0.584. The summed E-state index contributed by atoms with van der Waals surface area (Å²) in [5, 5.41) is 3.54. The van der Waals surface area contributed by atoms with Crippen LogP contribution in [0.15, 0.2) is 18.2 Å². The molecule has 1 aromatic carbocycles.